The van der Waals surface area contributed by atoms with Crippen LogP contribution in [0.4, 0.5) is 0 Å². The molecule has 4 nitrogen and oxygen atoms in total. The Labute approximate surface area is 121 Å². The normalized spacial score (nSPS) is 11.3. The molecule has 0 saturated heterocycles. The predicted octanol–water partition coefficient (Wildman–Crippen LogP) is 2.12. The third-order valence-corrected chi connectivity index (χ3v) is 2.67. The summed E-state index contributed by atoms with van der Waals surface area (Å²) < 4.78 is 5.36. The smallest absolute Gasteiger partial charge is 0.258 e. The highest BCUT2D eigenvalue weighted by Gasteiger charge is 2.10. The minimum atomic E-state index is -0.120. The van der Waals surface area contributed by atoms with Crippen LogP contribution in [-0.4, -0.2) is 25.1 Å². The number of carbonyl (C=O) groups is 1. The van der Waals surface area contributed by atoms with Gasteiger partial charge in [0, 0.05) is 12.6 Å². The Kier molecular flexibility index (Phi) is 9.94. The van der Waals surface area contributed by atoms with Crippen LogP contribution in [0.15, 0.2) is 30.3 Å². The molecule has 0 aliphatic rings. The molecule has 0 heterocycles. The van der Waals surface area contributed by atoms with Crippen molar-refractivity contribution < 1.29 is 9.53 Å². The van der Waals surface area contributed by atoms with E-state index in [1.165, 1.54) is 0 Å². The fraction of sp³-hybridized carbons (Fsp3) is 0.500. The molecule has 0 aliphatic carbocycles. The summed E-state index contributed by atoms with van der Waals surface area (Å²) in [5.41, 5.74) is 5.61. The number of halogens is 1. The number of rotatable bonds is 8. The third-order valence-electron chi connectivity index (χ3n) is 2.67. The Morgan fingerprint density at radius 2 is 2.05 bits per heavy atom. The molecule has 108 valence electrons. The van der Waals surface area contributed by atoms with E-state index in [-0.39, 0.29) is 31.0 Å². The summed E-state index contributed by atoms with van der Waals surface area (Å²) in [6, 6.07) is 9.35. The lowest BCUT2D eigenvalue weighted by Gasteiger charge is -2.16. The van der Waals surface area contributed by atoms with Gasteiger partial charge in [-0.2, -0.15) is 0 Å². The minimum absolute atomic E-state index is 0. The van der Waals surface area contributed by atoms with Gasteiger partial charge in [0.15, 0.2) is 6.61 Å². The summed E-state index contributed by atoms with van der Waals surface area (Å²) in [4.78, 5) is 11.7. The summed E-state index contributed by atoms with van der Waals surface area (Å²) in [6.45, 7) is 2.62. The van der Waals surface area contributed by atoms with Crippen LogP contribution in [0.25, 0.3) is 0 Å². The van der Waals surface area contributed by atoms with E-state index in [1.807, 2.05) is 30.3 Å². The second-order valence-electron chi connectivity index (χ2n) is 4.24. The fourth-order valence-electron chi connectivity index (χ4n) is 1.63. The maximum Gasteiger partial charge on any atom is 0.258 e. The lowest BCUT2D eigenvalue weighted by Crippen LogP contribution is -2.42. The SMILES string of the molecule is CCCCC(CN)NC(=O)COc1ccccc1.Cl. The molecular formula is C14H23ClN2O2. The van der Waals surface area contributed by atoms with Crippen molar-refractivity contribution in [1.29, 1.82) is 0 Å². The van der Waals surface area contributed by atoms with Crippen LogP contribution in [0.1, 0.15) is 26.2 Å². The number of hydrogen-bond acceptors (Lipinski definition) is 3. The van der Waals surface area contributed by atoms with E-state index in [2.05, 4.69) is 12.2 Å². The molecule has 0 fully saturated rings. The zero-order valence-electron chi connectivity index (χ0n) is 11.3. The van der Waals surface area contributed by atoms with Crippen molar-refractivity contribution in [3.63, 3.8) is 0 Å². The first-order chi connectivity index (χ1) is 8.76. The highest BCUT2D eigenvalue weighted by molar-refractivity contribution is 5.85. The van der Waals surface area contributed by atoms with Crippen LogP contribution in [0.3, 0.4) is 0 Å². The largest absolute Gasteiger partial charge is 0.484 e. The minimum Gasteiger partial charge on any atom is -0.484 e. The molecule has 0 spiro atoms. The molecule has 0 aliphatic heterocycles. The Bertz CT molecular complexity index is 347. The number of nitrogens with one attached hydrogen (secondary N) is 1. The molecule has 3 N–H and O–H groups in total. The molecule has 1 amide bonds. The molecule has 0 saturated carbocycles. The Hall–Kier alpha value is -1.26. The van der Waals surface area contributed by atoms with Gasteiger partial charge in [0.05, 0.1) is 0 Å². The average Bonchev–Trinajstić information content (AvgIpc) is 2.42. The molecule has 5 heteroatoms. The van der Waals surface area contributed by atoms with Crippen LogP contribution in [-0.2, 0) is 4.79 Å². The molecule has 1 aromatic carbocycles. The van der Waals surface area contributed by atoms with Gasteiger partial charge in [0.1, 0.15) is 5.75 Å². The first kappa shape index (κ1) is 17.7. The monoisotopic (exact) mass is 286 g/mol. The van der Waals surface area contributed by atoms with Crippen LogP contribution in [0.2, 0.25) is 0 Å². The lowest BCUT2D eigenvalue weighted by molar-refractivity contribution is -0.123. The van der Waals surface area contributed by atoms with Crippen LogP contribution in [0.5, 0.6) is 5.75 Å². The first-order valence-corrected chi connectivity index (χ1v) is 6.43. The standard InChI is InChI=1S/C14H22N2O2.ClH/c1-2-3-7-12(10-15)16-14(17)11-18-13-8-5-4-6-9-13;/h4-6,8-9,12H,2-3,7,10-11,15H2,1H3,(H,16,17);1H. The summed E-state index contributed by atoms with van der Waals surface area (Å²) in [5.74, 6) is 0.580. The predicted molar refractivity (Wildman–Crippen MR) is 79.7 cm³/mol. The van der Waals surface area contributed by atoms with Gasteiger partial charge in [0.2, 0.25) is 0 Å². The molecule has 0 bridgehead atoms. The summed E-state index contributed by atoms with van der Waals surface area (Å²) in [6.07, 6.45) is 3.10. The Morgan fingerprint density at radius 1 is 1.37 bits per heavy atom. The van der Waals surface area contributed by atoms with Crippen molar-refractivity contribution in [3.8, 4) is 5.75 Å². The topological polar surface area (TPSA) is 64.3 Å². The molecule has 0 aromatic heterocycles. The van der Waals surface area contributed by atoms with E-state index in [9.17, 15) is 4.79 Å². The van der Waals surface area contributed by atoms with E-state index in [0.29, 0.717) is 12.3 Å². The Morgan fingerprint density at radius 3 is 2.63 bits per heavy atom. The maximum atomic E-state index is 11.7. The summed E-state index contributed by atoms with van der Waals surface area (Å²) >= 11 is 0. The van der Waals surface area contributed by atoms with E-state index in [4.69, 9.17) is 10.5 Å². The molecule has 0 radical (unpaired) electrons. The van der Waals surface area contributed by atoms with E-state index in [1.54, 1.807) is 0 Å². The van der Waals surface area contributed by atoms with Crippen molar-refractivity contribution in [2.24, 2.45) is 5.73 Å². The van der Waals surface area contributed by atoms with Gasteiger partial charge < -0.3 is 15.8 Å². The van der Waals surface area contributed by atoms with Gasteiger partial charge in [-0.15, -0.1) is 12.4 Å². The quantitative estimate of drug-likeness (QED) is 0.769. The van der Waals surface area contributed by atoms with Gasteiger partial charge in [-0.05, 0) is 18.6 Å². The van der Waals surface area contributed by atoms with Crippen LogP contribution >= 0.6 is 12.4 Å². The van der Waals surface area contributed by atoms with E-state index >= 15 is 0 Å². The van der Waals surface area contributed by atoms with Crippen molar-refractivity contribution in [3.05, 3.63) is 30.3 Å². The maximum absolute atomic E-state index is 11.7. The zero-order chi connectivity index (χ0) is 13.2. The number of benzene rings is 1. The highest BCUT2D eigenvalue weighted by Crippen LogP contribution is 2.07. The summed E-state index contributed by atoms with van der Waals surface area (Å²) in [5, 5.41) is 2.88. The average molecular weight is 287 g/mol. The molecule has 1 rings (SSSR count). The molecule has 1 atom stereocenters. The molecule has 19 heavy (non-hydrogen) atoms. The second-order valence-corrected chi connectivity index (χ2v) is 4.24. The van der Waals surface area contributed by atoms with Gasteiger partial charge in [-0.1, -0.05) is 38.0 Å². The van der Waals surface area contributed by atoms with Crippen molar-refractivity contribution in [2.75, 3.05) is 13.2 Å². The number of nitrogens with two attached hydrogens (primary N) is 1. The van der Waals surface area contributed by atoms with Gasteiger partial charge >= 0.3 is 0 Å². The number of hydrogen-bond donors (Lipinski definition) is 2. The van der Waals surface area contributed by atoms with Gasteiger partial charge in [-0.3, -0.25) is 4.79 Å². The summed E-state index contributed by atoms with van der Waals surface area (Å²) in [7, 11) is 0. The molecule has 1 aromatic rings. The number of para-hydroxylation sites is 1. The van der Waals surface area contributed by atoms with Crippen LogP contribution < -0.4 is 15.8 Å². The van der Waals surface area contributed by atoms with E-state index in [0.717, 1.165) is 19.3 Å². The highest BCUT2D eigenvalue weighted by atomic mass is 35.5. The van der Waals surface area contributed by atoms with Crippen molar-refractivity contribution >= 4 is 18.3 Å². The third kappa shape index (κ3) is 7.70. The van der Waals surface area contributed by atoms with Crippen molar-refractivity contribution in [2.45, 2.75) is 32.2 Å². The molecular weight excluding hydrogens is 264 g/mol. The first-order valence-electron chi connectivity index (χ1n) is 6.43. The number of ether oxygens (including phenoxy) is 1. The molecule has 1 unspecified atom stereocenters. The number of carbonyl (C=O) groups excluding carboxylic acids is 1. The zero-order valence-corrected chi connectivity index (χ0v) is 12.1. The van der Waals surface area contributed by atoms with Crippen LogP contribution in [0, 0.1) is 0 Å². The van der Waals surface area contributed by atoms with Crippen molar-refractivity contribution in [1.82, 2.24) is 5.32 Å². The lowest BCUT2D eigenvalue weighted by atomic mass is 10.1. The van der Waals surface area contributed by atoms with Gasteiger partial charge in [-0.25, -0.2) is 0 Å². The number of unbranched alkanes of at least 4 members (excludes halogenated alkanes) is 1. The van der Waals surface area contributed by atoms with E-state index < -0.39 is 0 Å². The number of amides is 1. The fourth-order valence-corrected chi connectivity index (χ4v) is 1.63. The Balaban J connectivity index is 0.00000324. The second kappa shape index (κ2) is 10.6. The van der Waals surface area contributed by atoms with Gasteiger partial charge in [0.25, 0.3) is 5.91 Å².